The van der Waals surface area contributed by atoms with Crippen molar-refractivity contribution in [3.8, 4) is 0 Å². The van der Waals surface area contributed by atoms with Crippen molar-refractivity contribution in [2.75, 3.05) is 11.5 Å². The molecule has 0 unspecified atom stereocenters. The first-order valence-electron chi connectivity index (χ1n) is 4.57. The van der Waals surface area contributed by atoms with Crippen molar-refractivity contribution < 1.29 is 26.7 Å². The fraction of sp³-hybridized carbons (Fsp3) is 0.222. The van der Waals surface area contributed by atoms with Gasteiger partial charge in [0.15, 0.2) is 19.7 Å². The molecule has 1 N–H and O–H groups in total. The van der Waals surface area contributed by atoms with Gasteiger partial charge in [0.05, 0.1) is 26.9 Å². The molecule has 2 rings (SSSR count). The molecule has 92 valence electrons. The second-order valence-corrected chi connectivity index (χ2v) is 7.76. The minimum atomic E-state index is -3.71. The van der Waals surface area contributed by atoms with E-state index in [0.29, 0.717) is 0 Å². The highest BCUT2D eigenvalue weighted by Gasteiger charge is 2.34. The van der Waals surface area contributed by atoms with Crippen LogP contribution in [0.4, 0.5) is 0 Å². The monoisotopic (exact) mass is 276 g/mol. The lowest BCUT2D eigenvalue weighted by atomic mass is 10.2. The lowest BCUT2D eigenvalue weighted by Crippen LogP contribution is -2.26. The Morgan fingerprint density at radius 3 is 2.06 bits per heavy atom. The second-order valence-electron chi connectivity index (χ2n) is 3.60. The van der Waals surface area contributed by atoms with E-state index in [0.717, 1.165) is 18.2 Å². The van der Waals surface area contributed by atoms with Crippen LogP contribution in [0.3, 0.4) is 0 Å². The van der Waals surface area contributed by atoms with Crippen molar-refractivity contribution in [3.63, 3.8) is 0 Å². The third-order valence-electron chi connectivity index (χ3n) is 2.48. The summed E-state index contributed by atoms with van der Waals surface area (Å²) < 4.78 is 46.6. The molecule has 0 atom stereocenters. The summed E-state index contributed by atoms with van der Waals surface area (Å²) in [6, 6.07) is 3.01. The quantitative estimate of drug-likeness (QED) is 0.770. The van der Waals surface area contributed by atoms with Gasteiger partial charge >= 0.3 is 5.97 Å². The molecule has 0 spiro atoms. The smallest absolute Gasteiger partial charge is 0.335 e. The molecule has 0 saturated carbocycles. The van der Waals surface area contributed by atoms with Gasteiger partial charge in [0.1, 0.15) is 0 Å². The Morgan fingerprint density at radius 2 is 1.53 bits per heavy atom. The van der Waals surface area contributed by atoms with Crippen LogP contribution in [0.25, 0.3) is 0 Å². The Morgan fingerprint density at radius 1 is 1.00 bits per heavy atom. The predicted octanol–water partition coefficient (Wildman–Crippen LogP) is -0.0542. The molecule has 6 nitrogen and oxygen atoms in total. The standard InChI is InChI=1S/C9H8O6S2/c10-9(11)6-1-2-7-8(5-6)17(14,15)4-3-16(7,12)13/h1-2,5H,3-4H2,(H,10,11). The van der Waals surface area contributed by atoms with E-state index in [9.17, 15) is 21.6 Å². The number of sulfone groups is 2. The van der Waals surface area contributed by atoms with Gasteiger partial charge in [0.2, 0.25) is 0 Å². The molecular weight excluding hydrogens is 268 g/mol. The number of carboxylic acids is 1. The number of carbonyl (C=O) groups is 1. The van der Waals surface area contributed by atoms with Crippen LogP contribution in [-0.2, 0) is 19.7 Å². The molecular formula is C9H8O6S2. The molecule has 0 aromatic heterocycles. The molecule has 1 aliphatic rings. The lowest BCUT2D eigenvalue weighted by Gasteiger charge is -2.16. The first-order valence-corrected chi connectivity index (χ1v) is 7.87. The Balaban J connectivity index is 2.82. The molecule has 0 saturated heterocycles. The molecule has 1 heterocycles. The van der Waals surface area contributed by atoms with Crippen molar-refractivity contribution in [2.45, 2.75) is 9.79 Å². The number of fused-ring (bicyclic) bond motifs is 1. The van der Waals surface area contributed by atoms with Crippen molar-refractivity contribution >= 4 is 25.6 Å². The Bertz CT molecular complexity index is 699. The van der Waals surface area contributed by atoms with Gasteiger partial charge in [-0.3, -0.25) is 0 Å². The van der Waals surface area contributed by atoms with Crippen LogP contribution in [0.15, 0.2) is 28.0 Å². The van der Waals surface area contributed by atoms with Crippen LogP contribution in [0.5, 0.6) is 0 Å². The summed E-state index contributed by atoms with van der Waals surface area (Å²) in [5.41, 5.74) is -0.246. The Hall–Kier alpha value is -1.41. The number of carboxylic acid groups (broad SMARTS) is 1. The highest BCUT2D eigenvalue weighted by Crippen LogP contribution is 2.29. The summed E-state index contributed by atoms with van der Waals surface area (Å²) in [7, 11) is -7.34. The summed E-state index contributed by atoms with van der Waals surface area (Å²) in [4.78, 5) is 9.99. The van der Waals surface area contributed by atoms with Crippen LogP contribution in [0.1, 0.15) is 10.4 Å². The fourth-order valence-corrected chi connectivity index (χ4v) is 5.86. The summed E-state index contributed by atoms with van der Waals surface area (Å²) in [6.07, 6.45) is 0. The second kappa shape index (κ2) is 3.54. The molecule has 8 heteroatoms. The van der Waals surface area contributed by atoms with Crippen LogP contribution in [0, 0.1) is 0 Å². The molecule has 0 aliphatic carbocycles. The zero-order chi connectivity index (χ0) is 12.8. The maximum absolute atomic E-state index is 11.7. The van der Waals surface area contributed by atoms with E-state index in [1.165, 1.54) is 0 Å². The van der Waals surface area contributed by atoms with Gasteiger partial charge in [-0.15, -0.1) is 0 Å². The SMILES string of the molecule is O=C(O)c1ccc2c(c1)S(=O)(=O)CCS2(=O)=O. The zero-order valence-electron chi connectivity index (χ0n) is 8.45. The van der Waals surface area contributed by atoms with Gasteiger partial charge in [-0.25, -0.2) is 21.6 Å². The van der Waals surface area contributed by atoms with Gasteiger partial charge in [0, 0.05) is 0 Å². The molecule has 17 heavy (non-hydrogen) atoms. The van der Waals surface area contributed by atoms with E-state index < -0.39 is 42.0 Å². The number of hydrogen-bond donors (Lipinski definition) is 1. The van der Waals surface area contributed by atoms with E-state index in [1.807, 2.05) is 0 Å². The maximum Gasteiger partial charge on any atom is 0.335 e. The van der Waals surface area contributed by atoms with Gasteiger partial charge in [-0.2, -0.15) is 0 Å². The number of aromatic carboxylic acids is 1. The minimum Gasteiger partial charge on any atom is -0.478 e. The zero-order valence-corrected chi connectivity index (χ0v) is 10.1. The van der Waals surface area contributed by atoms with Crippen molar-refractivity contribution in [1.29, 1.82) is 0 Å². The highest BCUT2D eigenvalue weighted by molar-refractivity contribution is 7.97. The lowest BCUT2D eigenvalue weighted by molar-refractivity contribution is 0.0696. The molecule has 0 fully saturated rings. The average Bonchev–Trinajstić information content (AvgIpc) is 2.24. The number of benzene rings is 1. The molecule has 1 aromatic carbocycles. The summed E-state index contributed by atoms with van der Waals surface area (Å²) in [6.45, 7) is 0. The Kier molecular flexibility index (Phi) is 2.51. The van der Waals surface area contributed by atoms with Crippen LogP contribution in [0.2, 0.25) is 0 Å². The summed E-state index contributed by atoms with van der Waals surface area (Å²) in [5.74, 6) is -2.27. The molecule has 0 radical (unpaired) electrons. The first kappa shape index (κ1) is 12.1. The maximum atomic E-state index is 11.7. The molecule has 1 aromatic rings. The summed E-state index contributed by atoms with van der Waals surface area (Å²) >= 11 is 0. The molecule has 0 bridgehead atoms. The van der Waals surface area contributed by atoms with E-state index in [-0.39, 0.29) is 10.5 Å². The highest BCUT2D eigenvalue weighted by atomic mass is 32.2. The fourth-order valence-electron chi connectivity index (χ4n) is 1.58. The normalized spacial score (nSPS) is 20.5. The molecule has 1 aliphatic heterocycles. The van der Waals surface area contributed by atoms with E-state index in [1.54, 1.807) is 0 Å². The van der Waals surface area contributed by atoms with Crippen molar-refractivity contribution in [3.05, 3.63) is 23.8 Å². The van der Waals surface area contributed by atoms with E-state index in [2.05, 4.69) is 0 Å². The van der Waals surface area contributed by atoms with Gasteiger partial charge in [0.25, 0.3) is 0 Å². The predicted molar refractivity (Wildman–Crippen MR) is 57.5 cm³/mol. The minimum absolute atomic E-state index is 0.246. The van der Waals surface area contributed by atoms with Crippen LogP contribution >= 0.6 is 0 Å². The summed E-state index contributed by atoms with van der Waals surface area (Å²) in [5, 5.41) is 8.74. The van der Waals surface area contributed by atoms with Crippen molar-refractivity contribution in [2.24, 2.45) is 0 Å². The van der Waals surface area contributed by atoms with Gasteiger partial charge in [-0.05, 0) is 18.2 Å². The number of hydrogen-bond acceptors (Lipinski definition) is 5. The molecule has 0 amide bonds. The largest absolute Gasteiger partial charge is 0.478 e. The van der Waals surface area contributed by atoms with E-state index in [4.69, 9.17) is 5.11 Å². The van der Waals surface area contributed by atoms with E-state index >= 15 is 0 Å². The van der Waals surface area contributed by atoms with Gasteiger partial charge < -0.3 is 5.11 Å². The topological polar surface area (TPSA) is 106 Å². The Labute approximate surface area is 97.7 Å². The third-order valence-corrected chi connectivity index (χ3v) is 6.39. The van der Waals surface area contributed by atoms with Crippen molar-refractivity contribution in [1.82, 2.24) is 0 Å². The number of rotatable bonds is 1. The first-order chi connectivity index (χ1) is 7.74. The average molecular weight is 276 g/mol. The third kappa shape index (κ3) is 1.93. The van der Waals surface area contributed by atoms with Crippen LogP contribution in [-0.4, -0.2) is 39.4 Å². The van der Waals surface area contributed by atoms with Gasteiger partial charge in [-0.1, -0.05) is 0 Å². The van der Waals surface area contributed by atoms with Crippen LogP contribution < -0.4 is 0 Å².